The van der Waals surface area contributed by atoms with Crippen molar-refractivity contribution in [3.05, 3.63) is 66.0 Å². The predicted octanol–water partition coefficient (Wildman–Crippen LogP) is 4.88. The number of carbonyl (C=O) groups excluding carboxylic acids is 4. The molecule has 1 heterocycles. The Bertz CT molecular complexity index is 1040. The molecule has 0 radical (unpaired) electrons. The lowest BCUT2D eigenvalue weighted by molar-refractivity contribution is -0.126. The number of amides is 2. The van der Waals surface area contributed by atoms with E-state index in [2.05, 4.69) is 40.9 Å². The average molecular weight is 573 g/mol. The number of Topliss-reactive ketones (excluding diaryl/α,β-unsaturated/α-hetero) is 1. The minimum Gasteiger partial charge on any atom is -0.471 e. The van der Waals surface area contributed by atoms with Crippen LogP contribution in [0, 0.1) is 0 Å². The Morgan fingerprint density at radius 1 is 1.12 bits per heavy atom. The highest BCUT2D eigenvalue weighted by Gasteiger charge is 2.28. The maximum Gasteiger partial charge on any atom is 0.292 e. The second-order valence-corrected chi connectivity index (χ2v) is 9.23. The van der Waals surface area contributed by atoms with Crippen LogP contribution in [-0.2, 0) is 32.2 Å². The van der Waals surface area contributed by atoms with Gasteiger partial charge in [-0.3, -0.25) is 23.9 Å². The summed E-state index contributed by atoms with van der Waals surface area (Å²) in [6.45, 7) is 13.9. The van der Waals surface area contributed by atoms with Crippen LogP contribution >= 0.6 is 0 Å². The fourth-order valence-electron chi connectivity index (χ4n) is 3.81. The van der Waals surface area contributed by atoms with E-state index in [0.29, 0.717) is 19.6 Å². The molecule has 0 saturated heterocycles. The summed E-state index contributed by atoms with van der Waals surface area (Å²) in [4.78, 5) is 45.7. The van der Waals surface area contributed by atoms with Gasteiger partial charge in [0.25, 0.3) is 12.4 Å². The normalized spacial score (nSPS) is 15.2. The summed E-state index contributed by atoms with van der Waals surface area (Å²) in [5, 5.41) is 9.87. The van der Waals surface area contributed by atoms with Gasteiger partial charge in [-0.25, -0.2) is 0 Å². The van der Waals surface area contributed by atoms with Crippen molar-refractivity contribution >= 4 is 24.1 Å². The van der Waals surface area contributed by atoms with Crippen molar-refractivity contribution in [3.8, 4) is 0 Å². The van der Waals surface area contributed by atoms with E-state index < -0.39 is 0 Å². The molecule has 2 atom stereocenters. The molecule has 1 aliphatic rings. The summed E-state index contributed by atoms with van der Waals surface area (Å²) in [7, 11) is 1.31. The standard InChI is InChI=1S/C23H30N4O4.C3H8.C3H6.C2H4O2/c1-3-24-23(30)19-13-20(16(2)28)27(26-19)14-22(29)25-18-11-7-8-12-21(18)31-15-17-9-5-4-6-10-17;2*1-3-2;1-4-2-3/h4-6,9-10,13,18,21H,3,7-8,11-12,14-15H2,1-2H3,(H,24,30)(H,25,29);3H2,1-2H3;3H,1H2,2H3;2H,1H3/t18?,21-;;;/m0.../s1. The van der Waals surface area contributed by atoms with Gasteiger partial charge in [-0.15, -0.1) is 6.58 Å². The van der Waals surface area contributed by atoms with Crippen molar-refractivity contribution < 1.29 is 28.7 Å². The Balaban J connectivity index is 0.00000139. The van der Waals surface area contributed by atoms with Crippen LogP contribution < -0.4 is 10.6 Å². The van der Waals surface area contributed by atoms with Gasteiger partial charge in [-0.2, -0.15) is 5.10 Å². The van der Waals surface area contributed by atoms with Gasteiger partial charge in [0.1, 0.15) is 12.2 Å². The number of carbonyl (C=O) groups is 4. The molecule has 2 N–H and O–H groups in total. The van der Waals surface area contributed by atoms with Crippen LogP contribution in [-0.4, -0.2) is 59.7 Å². The Kier molecular flexibility index (Phi) is 20.8. The lowest BCUT2D eigenvalue weighted by atomic mass is 9.92. The quantitative estimate of drug-likeness (QED) is 0.236. The number of nitrogens with zero attached hydrogens (tertiary/aromatic N) is 2. The number of allylic oxidation sites excluding steroid dienone is 1. The van der Waals surface area contributed by atoms with Gasteiger partial charge >= 0.3 is 0 Å². The molecule has 41 heavy (non-hydrogen) atoms. The molecule has 1 aromatic carbocycles. The third kappa shape index (κ3) is 15.5. The van der Waals surface area contributed by atoms with Crippen molar-refractivity contribution in [2.24, 2.45) is 0 Å². The Hall–Kier alpha value is -3.79. The fraction of sp³-hybridized carbons (Fsp3) is 0.516. The largest absolute Gasteiger partial charge is 0.471 e. The average Bonchev–Trinajstić information content (AvgIpc) is 3.38. The van der Waals surface area contributed by atoms with E-state index in [1.165, 1.54) is 31.2 Å². The number of nitrogens with one attached hydrogen (secondary N) is 2. The zero-order chi connectivity index (χ0) is 31.0. The number of aromatic nitrogens is 2. The summed E-state index contributed by atoms with van der Waals surface area (Å²) in [5.74, 6) is -0.878. The topological polar surface area (TPSA) is 129 Å². The van der Waals surface area contributed by atoms with Gasteiger partial charge in [0.2, 0.25) is 5.91 Å². The first-order chi connectivity index (χ1) is 19.7. The number of ketones is 1. The lowest BCUT2D eigenvalue weighted by Crippen LogP contribution is -2.47. The molecule has 1 fully saturated rings. The number of hydrogen-bond acceptors (Lipinski definition) is 7. The van der Waals surface area contributed by atoms with Gasteiger partial charge in [0, 0.05) is 19.5 Å². The SMILES string of the molecule is C=CC.CCC.CCNC(=O)c1cc(C(C)=O)n(CC(=O)NC2CCCC[C@@H]2OCc2ccccc2)n1.COC=O. The van der Waals surface area contributed by atoms with Crippen LogP contribution in [0.4, 0.5) is 0 Å². The summed E-state index contributed by atoms with van der Waals surface area (Å²) in [6.07, 6.45) is 6.76. The van der Waals surface area contributed by atoms with Crippen molar-refractivity contribution in [1.82, 2.24) is 20.4 Å². The number of ether oxygens (including phenoxy) is 2. The minimum atomic E-state index is -0.370. The molecule has 1 saturated carbocycles. The van der Waals surface area contributed by atoms with Crippen molar-refractivity contribution in [2.45, 2.75) is 92.0 Å². The maximum atomic E-state index is 12.7. The molecular weight excluding hydrogens is 524 g/mol. The van der Waals surface area contributed by atoms with Crippen LogP contribution in [0.15, 0.2) is 49.1 Å². The molecule has 2 amide bonds. The van der Waals surface area contributed by atoms with Crippen molar-refractivity contribution in [3.63, 3.8) is 0 Å². The minimum absolute atomic E-state index is 0.0614. The van der Waals surface area contributed by atoms with Crippen LogP contribution in [0.2, 0.25) is 0 Å². The van der Waals surface area contributed by atoms with Gasteiger partial charge in [-0.05, 0) is 32.3 Å². The van der Waals surface area contributed by atoms with E-state index in [1.807, 2.05) is 37.3 Å². The zero-order valence-corrected chi connectivity index (χ0v) is 25.5. The van der Waals surface area contributed by atoms with Crippen LogP contribution in [0.25, 0.3) is 0 Å². The third-order valence-electron chi connectivity index (χ3n) is 5.46. The van der Waals surface area contributed by atoms with Gasteiger partial charge < -0.3 is 20.1 Å². The van der Waals surface area contributed by atoms with Crippen LogP contribution in [0.1, 0.15) is 93.3 Å². The highest BCUT2D eigenvalue weighted by molar-refractivity contribution is 5.98. The van der Waals surface area contributed by atoms with Gasteiger partial charge in [-0.1, -0.05) is 69.5 Å². The first-order valence-electron chi connectivity index (χ1n) is 14.1. The third-order valence-corrected chi connectivity index (χ3v) is 5.46. The fourth-order valence-corrected chi connectivity index (χ4v) is 3.81. The summed E-state index contributed by atoms with van der Waals surface area (Å²) >= 11 is 0. The van der Waals surface area contributed by atoms with Crippen molar-refractivity contribution in [1.29, 1.82) is 0 Å². The number of rotatable bonds is 10. The van der Waals surface area contributed by atoms with Gasteiger partial charge in [0.15, 0.2) is 11.5 Å². The molecule has 2 aromatic rings. The summed E-state index contributed by atoms with van der Waals surface area (Å²) in [6, 6.07) is 11.3. The summed E-state index contributed by atoms with van der Waals surface area (Å²) < 4.78 is 11.3. The second kappa shape index (κ2) is 23.0. The molecule has 0 bridgehead atoms. The molecule has 0 spiro atoms. The highest BCUT2D eigenvalue weighted by atomic mass is 16.5. The highest BCUT2D eigenvalue weighted by Crippen LogP contribution is 2.22. The van der Waals surface area contributed by atoms with Crippen LogP contribution in [0.3, 0.4) is 0 Å². The molecular formula is C31H48N4O6. The number of hydrogen-bond donors (Lipinski definition) is 2. The van der Waals surface area contributed by atoms with E-state index in [4.69, 9.17) is 9.53 Å². The molecule has 1 aromatic heterocycles. The monoisotopic (exact) mass is 572 g/mol. The maximum absolute atomic E-state index is 12.7. The second-order valence-electron chi connectivity index (χ2n) is 9.23. The Morgan fingerprint density at radius 3 is 2.24 bits per heavy atom. The molecule has 3 rings (SSSR count). The lowest BCUT2D eigenvalue weighted by Gasteiger charge is -2.32. The number of benzene rings is 1. The molecule has 1 aliphatic carbocycles. The van der Waals surface area contributed by atoms with Gasteiger partial charge in [0.05, 0.1) is 25.9 Å². The molecule has 10 nitrogen and oxygen atoms in total. The van der Waals surface area contributed by atoms with E-state index in [1.54, 1.807) is 13.0 Å². The Labute approximate surface area is 244 Å². The number of methoxy groups -OCH3 is 1. The summed E-state index contributed by atoms with van der Waals surface area (Å²) in [5.41, 5.74) is 1.46. The van der Waals surface area contributed by atoms with E-state index in [0.717, 1.165) is 31.2 Å². The molecule has 10 heteroatoms. The molecule has 1 unspecified atom stereocenters. The van der Waals surface area contributed by atoms with Crippen LogP contribution in [0.5, 0.6) is 0 Å². The van der Waals surface area contributed by atoms with E-state index in [9.17, 15) is 14.4 Å². The van der Waals surface area contributed by atoms with Crippen molar-refractivity contribution in [2.75, 3.05) is 13.7 Å². The molecule has 0 aliphatic heterocycles. The smallest absolute Gasteiger partial charge is 0.292 e. The molecule has 228 valence electrons. The first-order valence-corrected chi connectivity index (χ1v) is 14.1. The predicted molar refractivity (Wildman–Crippen MR) is 161 cm³/mol. The first kappa shape index (κ1) is 37.2. The Morgan fingerprint density at radius 2 is 1.71 bits per heavy atom. The van der Waals surface area contributed by atoms with E-state index >= 15 is 0 Å². The zero-order valence-electron chi connectivity index (χ0n) is 25.5. The van der Waals surface area contributed by atoms with E-state index in [-0.39, 0.29) is 47.7 Å².